The number of aromatic amines is 1. The molecule has 142 valence electrons. The summed E-state index contributed by atoms with van der Waals surface area (Å²) < 4.78 is 0. The number of aryl methyl sites for hydroxylation is 1. The van der Waals surface area contributed by atoms with E-state index in [4.69, 9.17) is 10.7 Å². The Morgan fingerprint density at radius 1 is 1.14 bits per heavy atom. The molecule has 4 N–H and O–H groups in total. The minimum atomic E-state index is -0.414. The van der Waals surface area contributed by atoms with Crippen molar-refractivity contribution in [3.8, 4) is 11.3 Å². The molecule has 28 heavy (non-hydrogen) atoms. The van der Waals surface area contributed by atoms with Gasteiger partial charge in [-0.1, -0.05) is 18.2 Å². The molecule has 1 amide bonds. The van der Waals surface area contributed by atoms with Crippen molar-refractivity contribution >= 4 is 16.8 Å². The maximum atomic E-state index is 12.1. The summed E-state index contributed by atoms with van der Waals surface area (Å²) in [5.74, 6) is -0.414. The van der Waals surface area contributed by atoms with E-state index in [2.05, 4.69) is 28.5 Å². The fraction of sp³-hybridized carbons (Fsp3) is 0.391. The van der Waals surface area contributed by atoms with Crippen LogP contribution in [-0.4, -0.2) is 22.4 Å². The van der Waals surface area contributed by atoms with Crippen molar-refractivity contribution in [3.63, 3.8) is 0 Å². The predicted octanol–water partition coefficient (Wildman–Crippen LogP) is 3.24. The first-order chi connectivity index (χ1) is 13.7. The monoisotopic (exact) mass is 372 g/mol. The number of nitrogens with one attached hydrogen (secondary N) is 2. The molecule has 5 nitrogen and oxygen atoms in total. The van der Waals surface area contributed by atoms with E-state index in [1.165, 1.54) is 47.2 Å². The van der Waals surface area contributed by atoms with Gasteiger partial charge < -0.3 is 16.0 Å². The van der Waals surface area contributed by atoms with E-state index in [1.807, 2.05) is 0 Å². The maximum absolute atomic E-state index is 12.1. The number of carbonyl (C=O) groups is 1. The van der Waals surface area contributed by atoms with Gasteiger partial charge in [0.15, 0.2) is 0 Å². The van der Waals surface area contributed by atoms with Crippen molar-refractivity contribution in [2.75, 3.05) is 6.54 Å². The van der Waals surface area contributed by atoms with Gasteiger partial charge in [0, 0.05) is 29.4 Å². The van der Waals surface area contributed by atoms with Gasteiger partial charge in [-0.25, -0.2) is 0 Å². The van der Waals surface area contributed by atoms with Crippen LogP contribution in [0.25, 0.3) is 22.2 Å². The molecule has 0 bridgehead atoms. The van der Waals surface area contributed by atoms with Gasteiger partial charge in [0.1, 0.15) is 0 Å². The number of fused-ring (bicyclic) bond motifs is 4. The number of rotatable bonds is 2. The third-order valence-corrected chi connectivity index (χ3v) is 7.10. The second-order valence-electron chi connectivity index (χ2n) is 8.76. The number of benzene rings is 1. The van der Waals surface area contributed by atoms with Gasteiger partial charge in [0.25, 0.3) is 5.91 Å². The third kappa shape index (κ3) is 2.29. The molecule has 6 rings (SSSR count). The number of nitrogens with zero attached hydrogens (tertiary/aromatic N) is 1. The minimum Gasteiger partial charge on any atom is -0.365 e. The topological polar surface area (TPSA) is 83.8 Å². The lowest BCUT2D eigenvalue weighted by Crippen LogP contribution is -2.24. The highest BCUT2D eigenvalue weighted by Gasteiger charge is 2.45. The molecule has 2 aromatic heterocycles. The molecule has 1 saturated carbocycles. The quantitative estimate of drug-likeness (QED) is 0.646. The van der Waals surface area contributed by atoms with Crippen LogP contribution in [0.5, 0.6) is 0 Å². The Kier molecular flexibility index (Phi) is 3.30. The number of carbonyl (C=O) groups excluding carboxylic acids is 1. The molecule has 0 unspecified atom stereocenters. The zero-order valence-corrected chi connectivity index (χ0v) is 15.9. The lowest BCUT2D eigenvalue weighted by molar-refractivity contribution is 0.100. The number of amides is 1. The summed E-state index contributed by atoms with van der Waals surface area (Å²) in [6.07, 6.45) is 8.70. The summed E-state index contributed by atoms with van der Waals surface area (Å²) in [5.41, 5.74) is 15.2. The van der Waals surface area contributed by atoms with Gasteiger partial charge in [-0.2, -0.15) is 0 Å². The normalized spacial score (nSPS) is 19.4. The van der Waals surface area contributed by atoms with Crippen LogP contribution in [0.2, 0.25) is 0 Å². The molecule has 3 aromatic rings. The molecule has 1 spiro atoms. The Morgan fingerprint density at radius 2 is 2.04 bits per heavy atom. The number of pyridine rings is 1. The molecule has 0 atom stereocenters. The van der Waals surface area contributed by atoms with Crippen LogP contribution >= 0.6 is 0 Å². The van der Waals surface area contributed by atoms with Gasteiger partial charge in [0.05, 0.1) is 16.8 Å². The van der Waals surface area contributed by atoms with Crippen molar-refractivity contribution in [1.82, 2.24) is 15.3 Å². The van der Waals surface area contributed by atoms with Crippen LogP contribution in [0, 0.1) is 5.41 Å². The first-order valence-electron chi connectivity index (χ1n) is 10.3. The van der Waals surface area contributed by atoms with Crippen LogP contribution in [-0.2, 0) is 25.8 Å². The predicted molar refractivity (Wildman–Crippen MR) is 109 cm³/mol. The van der Waals surface area contributed by atoms with Crippen molar-refractivity contribution < 1.29 is 4.79 Å². The van der Waals surface area contributed by atoms with Gasteiger partial charge in [-0.3, -0.25) is 9.78 Å². The SMILES string of the molecule is NC(=O)c1cnc(-c2cccc3c2CCNC3)c2c3c([nH]c12)CCC1(CC1)C3. The van der Waals surface area contributed by atoms with E-state index >= 15 is 0 Å². The molecular formula is C23H24N4O. The van der Waals surface area contributed by atoms with Crippen LogP contribution in [0.3, 0.4) is 0 Å². The second kappa shape index (κ2) is 5.67. The van der Waals surface area contributed by atoms with Crippen LogP contribution < -0.4 is 11.1 Å². The summed E-state index contributed by atoms with van der Waals surface area (Å²) in [6, 6.07) is 6.51. The maximum Gasteiger partial charge on any atom is 0.252 e. The summed E-state index contributed by atoms with van der Waals surface area (Å²) in [4.78, 5) is 20.5. The number of primary amides is 1. The highest BCUT2D eigenvalue weighted by molar-refractivity contribution is 6.09. The molecule has 1 fully saturated rings. The summed E-state index contributed by atoms with van der Waals surface area (Å²) in [6.45, 7) is 1.89. The fourth-order valence-corrected chi connectivity index (χ4v) is 5.32. The molecule has 0 saturated heterocycles. The van der Waals surface area contributed by atoms with E-state index in [0.717, 1.165) is 48.9 Å². The molecule has 2 aliphatic carbocycles. The molecule has 3 heterocycles. The van der Waals surface area contributed by atoms with Gasteiger partial charge >= 0.3 is 0 Å². The van der Waals surface area contributed by atoms with E-state index < -0.39 is 5.91 Å². The number of hydrogen-bond acceptors (Lipinski definition) is 3. The Hall–Kier alpha value is -2.66. The largest absolute Gasteiger partial charge is 0.365 e. The van der Waals surface area contributed by atoms with Crippen molar-refractivity contribution in [2.24, 2.45) is 11.1 Å². The number of nitrogens with two attached hydrogens (primary N) is 1. The lowest BCUT2D eigenvalue weighted by atomic mass is 9.82. The van der Waals surface area contributed by atoms with Crippen molar-refractivity contribution in [2.45, 2.75) is 45.1 Å². The fourth-order valence-electron chi connectivity index (χ4n) is 5.32. The molecule has 0 radical (unpaired) electrons. The van der Waals surface area contributed by atoms with Crippen LogP contribution in [0.1, 0.15) is 52.0 Å². The Labute approximate surface area is 163 Å². The van der Waals surface area contributed by atoms with Crippen LogP contribution in [0.4, 0.5) is 0 Å². The summed E-state index contributed by atoms with van der Waals surface area (Å²) >= 11 is 0. The first-order valence-corrected chi connectivity index (χ1v) is 10.3. The number of H-pyrrole nitrogens is 1. The average Bonchev–Trinajstić information content (AvgIpc) is 3.36. The molecule has 3 aliphatic rings. The standard InChI is InChI=1S/C23H24N4O/c24-22(28)17-12-26-20(15-3-1-2-13-11-25-9-5-14(13)15)19-16-10-23(7-8-23)6-4-18(16)27-21(17)19/h1-3,12,25,27H,4-11H2,(H2,24,28). The highest BCUT2D eigenvalue weighted by atomic mass is 16.1. The first kappa shape index (κ1) is 16.3. The van der Waals surface area contributed by atoms with E-state index in [9.17, 15) is 4.79 Å². The van der Waals surface area contributed by atoms with Gasteiger partial charge in [0.2, 0.25) is 0 Å². The van der Waals surface area contributed by atoms with E-state index in [0.29, 0.717) is 11.0 Å². The number of hydrogen-bond donors (Lipinski definition) is 3. The smallest absolute Gasteiger partial charge is 0.252 e. The van der Waals surface area contributed by atoms with Crippen molar-refractivity contribution in [1.29, 1.82) is 0 Å². The Morgan fingerprint density at radius 3 is 2.86 bits per heavy atom. The number of aromatic nitrogens is 2. The molecule has 1 aliphatic heterocycles. The van der Waals surface area contributed by atoms with Crippen LogP contribution in [0.15, 0.2) is 24.4 Å². The zero-order chi connectivity index (χ0) is 18.9. The van der Waals surface area contributed by atoms with E-state index in [1.54, 1.807) is 6.20 Å². The molecular weight excluding hydrogens is 348 g/mol. The summed E-state index contributed by atoms with van der Waals surface area (Å²) in [7, 11) is 0. The van der Waals surface area contributed by atoms with E-state index in [-0.39, 0.29) is 0 Å². The molecule has 5 heteroatoms. The molecule has 1 aromatic carbocycles. The highest BCUT2D eigenvalue weighted by Crippen LogP contribution is 2.56. The summed E-state index contributed by atoms with van der Waals surface area (Å²) in [5, 5.41) is 4.59. The van der Waals surface area contributed by atoms with Gasteiger partial charge in [-0.15, -0.1) is 0 Å². The Balaban J connectivity index is 1.65. The minimum absolute atomic E-state index is 0.414. The zero-order valence-electron chi connectivity index (χ0n) is 15.9. The lowest BCUT2D eigenvalue weighted by Gasteiger charge is -2.23. The third-order valence-electron chi connectivity index (χ3n) is 7.10. The van der Waals surface area contributed by atoms with Crippen molar-refractivity contribution in [3.05, 3.63) is 52.3 Å². The average molecular weight is 372 g/mol. The Bertz CT molecular complexity index is 1140. The van der Waals surface area contributed by atoms with Gasteiger partial charge in [-0.05, 0) is 67.2 Å². The second-order valence-corrected chi connectivity index (χ2v) is 8.76.